The molecule has 0 heterocycles. The van der Waals surface area contributed by atoms with Gasteiger partial charge in [-0.05, 0) is 24.3 Å². The van der Waals surface area contributed by atoms with Crippen molar-refractivity contribution in [3.8, 4) is 0 Å². The number of hydrogen-bond donors (Lipinski definition) is 2. The van der Waals surface area contributed by atoms with Crippen LogP contribution in [0.3, 0.4) is 0 Å². The maximum Gasteiger partial charge on any atom is -0.00979 e. The van der Waals surface area contributed by atoms with E-state index >= 15 is 0 Å². The van der Waals surface area contributed by atoms with Gasteiger partial charge in [0.1, 0.15) is 0 Å². The molecule has 0 aromatic rings. The largest absolute Gasteiger partial charge is 0.179 e. The van der Waals surface area contributed by atoms with Gasteiger partial charge in [0, 0.05) is 0 Å². The van der Waals surface area contributed by atoms with E-state index in [2.05, 4.69) is 25.3 Å². The summed E-state index contributed by atoms with van der Waals surface area (Å²) in [5, 5.41) is 0. The lowest BCUT2D eigenvalue weighted by Crippen LogP contribution is -1.84. The van der Waals surface area contributed by atoms with E-state index in [9.17, 15) is 0 Å². The molecule has 0 spiro atoms. The van der Waals surface area contributed by atoms with Crippen molar-refractivity contribution >= 4 is 25.3 Å². The SMILES string of the molecule is SCCCCCCCCCCCCCCCCCS. The van der Waals surface area contributed by atoms with Gasteiger partial charge in [-0.25, -0.2) is 0 Å². The van der Waals surface area contributed by atoms with Gasteiger partial charge in [0.2, 0.25) is 0 Å². The minimum Gasteiger partial charge on any atom is -0.179 e. The summed E-state index contributed by atoms with van der Waals surface area (Å²) >= 11 is 8.48. The van der Waals surface area contributed by atoms with Crippen molar-refractivity contribution in [2.24, 2.45) is 0 Å². The van der Waals surface area contributed by atoms with Gasteiger partial charge in [-0.1, -0.05) is 83.5 Å². The summed E-state index contributed by atoms with van der Waals surface area (Å²) in [5.41, 5.74) is 0. The van der Waals surface area contributed by atoms with Crippen LogP contribution in [-0.2, 0) is 0 Å². The number of thiol groups is 2. The van der Waals surface area contributed by atoms with Gasteiger partial charge in [-0.3, -0.25) is 0 Å². The summed E-state index contributed by atoms with van der Waals surface area (Å²) in [6.07, 6.45) is 21.3. The zero-order valence-electron chi connectivity index (χ0n) is 12.9. The first kappa shape index (κ1) is 19.7. The Morgan fingerprint density at radius 2 is 0.421 bits per heavy atom. The second kappa shape index (κ2) is 18.7. The van der Waals surface area contributed by atoms with Gasteiger partial charge in [-0.15, -0.1) is 0 Å². The van der Waals surface area contributed by atoms with E-state index in [-0.39, 0.29) is 0 Å². The first-order valence-electron chi connectivity index (χ1n) is 8.63. The lowest BCUT2D eigenvalue weighted by atomic mass is 10.0. The molecule has 0 amide bonds. The highest BCUT2D eigenvalue weighted by molar-refractivity contribution is 7.80. The van der Waals surface area contributed by atoms with Crippen molar-refractivity contribution in [2.75, 3.05) is 11.5 Å². The molecule has 0 nitrogen and oxygen atoms in total. The van der Waals surface area contributed by atoms with Gasteiger partial charge in [0.25, 0.3) is 0 Å². The second-order valence-electron chi connectivity index (χ2n) is 5.75. The molecule has 0 aromatic heterocycles. The van der Waals surface area contributed by atoms with Crippen molar-refractivity contribution in [3.05, 3.63) is 0 Å². The van der Waals surface area contributed by atoms with Crippen LogP contribution in [0.4, 0.5) is 0 Å². The molecule has 0 aliphatic rings. The van der Waals surface area contributed by atoms with Crippen LogP contribution in [0.15, 0.2) is 0 Å². The normalized spacial score (nSPS) is 11.1. The van der Waals surface area contributed by atoms with Crippen molar-refractivity contribution in [2.45, 2.75) is 96.3 Å². The molecule has 0 aliphatic carbocycles. The zero-order valence-corrected chi connectivity index (χ0v) is 14.7. The summed E-state index contributed by atoms with van der Waals surface area (Å²) in [7, 11) is 0. The van der Waals surface area contributed by atoms with Crippen LogP contribution in [-0.4, -0.2) is 11.5 Å². The van der Waals surface area contributed by atoms with Gasteiger partial charge >= 0.3 is 0 Å². The fourth-order valence-electron chi connectivity index (χ4n) is 2.52. The first-order valence-corrected chi connectivity index (χ1v) is 9.90. The third-order valence-electron chi connectivity index (χ3n) is 3.82. The molecule has 0 aromatic carbocycles. The van der Waals surface area contributed by atoms with Crippen LogP contribution in [0, 0.1) is 0 Å². The molecule has 0 saturated heterocycles. The van der Waals surface area contributed by atoms with Crippen molar-refractivity contribution in [1.82, 2.24) is 0 Å². The highest BCUT2D eigenvalue weighted by Gasteiger charge is 1.94. The highest BCUT2D eigenvalue weighted by Crippen LogP contribution is 2.13. The molecule has 0 aliphatic heterocycles. The number of hydrogen-bond acceptors (Lipinski definition) is 2. The fraction of sp³-hybridized carbons (Fsp3) is 1.00. The van der Waals surface area contributed by atoms with E-state index < -0.39 is 0 Å². The number of rotatable bonds is 16. The Morgan fingerprint density at radius 3 is 0.579 bits per heavy atom. The smallest absolute Gasteiger partial charge is 0.00979 e. The summed E-state index contributed by atoms with van der Waals surface area (Å²) in [5.74, 6) is 2.13. The van der Waals surface area contributed by atoms with Gasteiger partial charge in [0.05, 0.1) is 0 Å². The van der Waals surface area contributed by atoms with E-state index in [1.54, 1.807) is 0 Å². The Bertz CT molecular complexity index is 132. The van der Waals surface area contributed by atoms with Crippen LogP contribution < -0.4 is 0 Å². The van der Waals surface area contributed by atoms with Crippen molar-refractivity contribution in [3.63, 3.8) is 0 Å². The standard InChI is InChI=1S/C17H36S2/c18-16-14-12-10-8-6-4-2-1-3-5-7-9-11-13-15-17-19/h18-19H,1-17H2. The lowest BCUT2D eigenvalue weighted by molar-refractivity contribution is 0.535. The molecule has 19 heavy (non-hydrogen) atoms. The highest BCUT2D eigenvalue weighted by atomic mass is 32.1. The predicted molar refractivity (Wildman–Crippen MR) is 97.0 cm³/mol. The summed E-state index contributed by atoms with van der Waals surface area (Å²) in [4.78, 5) is 0. The Hall–Kier alpha value is 0.700. The maximum atomic E-state index is 4.24. The molecule has 0 atom stereocenters. The van der Waals surface area contributed by atoms with Crippen LogP contribution in [0.5, 0.6) is 0 Å². The average molecular weight is 305 g/mol. The molecule has 0 fully saturated rings. The Labute approximate surface area is 133 Å². The molecule has 0 rings (SSSR count). The van der Waals surface area contributed by atoms with Crippen LogP contribution >= 0.6 is 25.3 Å². The molecule has 0 saturated carbocycles. The third kappa shape index (κ3) is 18.7. The van der Waals surface area contributed by atoms with E-state index in [1.165, 1.54) is 96.3 Å². The Morgan fingerprint density at radius 1 is 0.263 bits per heavy atom. The monoisotopic (exact) mass is 304 g/mol. The quantitative estimate of drug-likeness (QED) is 0.230. The van der Waals surface area contributed by atoms with Gasteiger partial charge in [0.15, 0.2) is 0 Å². The first-order chi connectivity index (χ1) is 9.41. The average Bonchev–Trinajstić information content (AvgIpc) is 2.43. The molecule has 116 valence electrons. The second-order valence-corrected chi connectivity index (χ2v) is 6.64. The van der Waals surface area contributed by atoms with E-state index in [1.807, 2.05) is 0 Å². The van der Waals surface area contributed by atoms with Crippen LogP contribution in [0.1, 0.15) is 96.3 Å². The van der Waals surface area contributed by atoms with Gasteiger partial charge in [-0.2, -0.15) is 25.3 Å². The summed E-state index contributed by atoms with van der Waals surface area (Å²) in [6, 6.07) is 0. The number of unbranched alkanes of at least 4 members (excludes halogenated alkanes) is 14. The zero-order chi connectivity index (χ0) is 14.0. The van der Waals surface area contributed by atoms with Crippen LogP contribution in [0.2, 0.25) is 0 Å². The fourth-order valence-corrected chi connectivity index (χ4v) is 2.97. The Balaban J connectivity index is 2.88. The molecule has 0 bridgehead atoms. The lowest BCUT2D eigenvalue weighted by Gasteiger charge is -2.03. The summed E-state index contributed by atoms with van der Waals surface area (Å²) < 4.78 is 0. The van der Waals surface area contributed by atoms with Crippen LogP contribution in [0.25, 0.3) is 0 Å². The topological polar surface area (TPSA) is 0 Å². The van der Waals surface area contributed by atoms with Gasteiger partial charge < -0.3 is 0 Å². The predicted octanol–water partition coefficient (Wildman–Crippen LogP) is 6.70. The van der Waals surface area contributed by atoms with E-state index in [0.717, 1.165) is 11.5 Å². The summed E-state index contributed by atoms with van der Waals surface area (Å²) in [6.45, 7) is 0. The minimum absolute atomic E-state index is 1.06. The Kier molecular flexibility index (Phi) is 19.4. The third-order valence-corrected chi connectivity index (χ3v) is 4.45. The molecule has 0 N–H and O–H groups in total. The van der Waals surface area contributed by atoms with Crippen molar-refractivity contribution < 1.29 is 0 Å². The maximum absolute atomic E-state index is 4.24. The molecular weight excluding hydrogens is 268 g/mol. The molecule has 0 radical (unpaired) electrons. The van der Waals surface area contributed by atoms with Crippen molar-refractivity contribution in [1.29, 1.82) is 0 Å². The minimum atomic E-state index is 1.06. The van der Waals surface area contributed by atoms with E-state index in [0.29, 0.717) is 0 Å². The van der Waals surface area contributed by atoms with E-state index in [4.69, 9.17) is 0 Å². The molecule has 2 heteroatoms. The molecule has 0 unspecified atom stereocenters. The molecular formula is C17H36S2.